The van der Waals surface area contributed by atoms with Crippen LogP contribution in [0.25, 0.3) is 0 Å². The van der Waals surface area contributed by atoms with E-state index >= 15 is 0 Å². The van der Waals surface area contributed by atoms with Crippen molar-refractivity contribution in [3.63, 3.8) is 0 Å². The lowest BCUT2D eigenvalue weighted by atomic mass is 10.0. The van der Waals surface area contributed by atoms with E-state index in [1.54, 1.807) is 4.68 Å². The molecule has 4 rings (SSSR count). The summed E-state index contributed by atoms with van der Waals surface area (Å²) in [5, 5.41) is 4.43. The van der Waals surface area contributed by atoms with Crippen molar-refractivity contribution in [2.45, 2.75) is 44.7 Å². The summed E-state index contributed by atoms with van der Waals surface area (Å²) < 4.78 is 1.75. The first-order valence-corrected chi connectivity index (χ1v) is 9.90. The maximum absolute atomic E-state index is 13.0. The first-order chi connectivity index (χ1) is 12.8. The molecule has 0 amide bonds. The number of aromatic nitrogens is 2. The summed E-state index contributed by atoms with van der Waals surface area (Å²) in [5.41, 5.74) is 2.29. The molecule has 0 radical (unpaired) electrons. The van der Waals surface area contributed by atoms with Gasteiger partial charge >= 0.3 is 0 Å². The lowest BCUT2D eigenvalue weighted by Gasteiger charge is -2.33. The number of hydrogen-bond acceptors (Lipinski definition) is 4. The number of nitrogens with zero attached hydrogens (tertiary/aromatic N) is 4. The fourth-order valence-electron chi connectivity index (χ4n) is 4.22. The van der Waals surface area contributed by atoms with Gasteiger partial charge in [-0.25, -0.2) is 4.68 Å². The van der Waals surface area contributed by atoms with Crippen LogP contribution < -0.4 is 10.5 Å². The van der Waals surface area contributed by atoms with Crippen molar-refractivity contribution in [1.29, 1.82) is 0 Å². The van der Waals surface area contributed by atoms with E-state index in [0.717, 1.165) is 51.3 Å². The summed E-state index contributed by atoms with van der Waals surface area (Å²) >= 11 is 0. The van der Waals surface area contributed by atoms with E-state index in [9.17, 15) is 4.79 Å². The van der Waals surface area contributed by atoms with Crippen molar-refractivity contribution in [1.82, 2.24) is 14.7 Å². The average Bonchev–Trinajstić information content (AvgIpc) is 2.70. The molecule has 0 unspecified atom stereocenters. The van der Waals surface area contributed by atoms with Gasteiger partial charge in [0, 0.05) is 38.9 Å². The van der Waals surface area contributed by atoms with Crippen molar-refractivity contribution in [2.24, 2.45) is 0 Å². The van der Waals surface area contributed by atoms with E-state index < -0.39 is 0 Å². The highest BCUT2D eigenvalue weighted by Gasteiger charge is 2.24. The fourth-order valence-corrected chi connectivity index (χ4v) is 4.22. The largest absolute Gasteiger partial charge is 0.367 e. The molecule has 0 aliphatic carbocycles. The molecule has 0 saturated carbocycles. The Balaban J connectivity index is 1.42. The number of hydrogen-bond donors (Lipinski definition) is 0. The van der Waals surface area contributed by atoms with Crippen LogP contribution in [0.15, 0.2) is 47.4 Å². The first-order valence-electron chi connectivity index (χ1n) is 9.90. The van der Waals surface area contributed by atoms with Crippen LogP contribution in [0.3, 0.4) is 0 Å². The Morgan fingerprint density at radius 2 is 1.65 bits per heavy atom. The highest BCUT2D eigenvalue weighted by Crippen LogP contribution is 2.23. The number of benzene rings is 1. The Morgan fingerprint density at radius 1 is 0.923 bits per heavy atom. The lowest BCUT2D eigenvalue weighted by molar-refractivity contribution is 0.170. The Hall–Kier alpha value is -2.14. The molecule has 2 aromatic rings. The van der Waals surface area contributed by atoms with E-state index in [-0.39, 0.29) is 11.6 Å². The first kappa shape index (κ1) is 17.3. The van der Waals surface area contributed by atoms with Crippen LogP contribution >= 0.6 is 0 Å². The van der Waals surface area contributed by atoms with Crippen molar-refractivity contribution in [3.8, 4) is 0 Å². The van der Waals surface area contributed by atoms with Crippen LogP contribution in [0.4, 0.5) is 5.69 Å². The van der Waals surface area contributed by atoms with E-state index in [0.29, 0.717) is 0 Å². The van der Waals surface area contributed by atoms with Gasteiger partial charge in [-0.3, -0.25) is 9.69 Å². The molecule has 26 heavy (non-hydrogen) atoms. The molecule has 0 spiro atoms. The van der Waals surface area contributed by atoms with Crippen LogP contribution in [-0.4, -0.2) is 40.9 Å². The smallest absolute Gasteiger partial charge is 0.290 e. The van der Waals surface area contributed by atoms with E-state index in [1.165, 1.54) is 24.8 Å². The summed E-state index contributed by atoms with van der Waals surface area (Å²) in [6.07, 6.45) is 7.42. The molecule has 5 nitrogen and oxygen atoms in total. The van der Waals surface area contributed by atoms with Crippen molar-refractivity contribution in [2.75, 3.05) is 31.1 Å². The van der Waals surface area contributed by atoms with Crippen LogP contribution in [0.1, 0.15) is 43.7 Å². The third-order valence-corrected chi connectivity index (χ3v) is 5.70. The number of anilines is 1. The standard InChI is InChI=1S/C21H28N4O/c26-21-20(24-13-5-2-6-14-24)9-12-22-25(21)19-10-15-23(16-11-19)17-18-7-3-1-4-8-18/h1,3-4,7-9,12,19H,2,5-6,10-11,13-17H2. The van der Waals surface area contributed by atoms with Gasteiger partial charge in [0.05, 0.1) is 6.04 Å². The molecule has 0 N–H and O–H groups in total. The zero-order valence-corrected chi connectivity index (χ0v) is 15.4. The second kappa shape index (κ2) is 8.04. The molecule has 0 bridgehead atoms. The van der Waals surface area contributed by atoms with Gasteiger partial charge in [0.25, 0.3) is 5.56 Å². The van der Waals surface area contributed by atoms with Crippen LogP contribution in [0.2, 0.25) is 0 Å². The van der Waals surface area contributed by atoms with Gasteiger partial charge in [0.1, 0.15) is 5.69 Å². The zero-order chi connectivity index (χ0) is 17.8. The topological polar surface area (TPSA) is 41.4 Å². The average molecular weight is 352 g/mol. The molecule has 3 heterocycles. The molecule has 1 aromatic heterocycles. The molecule has 2 fully saturated rings. The third kappa shape index (κ3) is 3.83. The predicted molar refractivity (Wildman–Crippen MR) is 105 cm³/mol. The van der Waals surface area contributed by atoms with Crippen molar-refractivity contribution in [3.05, 3.63) is 58.5 Å². The van der Waals surface area contributed by atoms with Gasteiger partial charge in [-0.2, -0.15) is 5.10 Å². The molecule has 1 aromatic carbocycles. The summed E-state index contributed by atoms with van der Waals surface area (Å²) in [4.78, 5) is 17.7. The Kier molecular flexibility index (Phi) is 5.34. The highest BCUT2D eigenvalue weighted by molar-refractivity contribution is 5.43. The fraction of sp³-hybridized carbons (Fsp3) is 0.524. The highest BCUT2D eigenvalue weighted by atomic mass is 16.1. The maximum Gasteiger partial charge on any atom is 0.290 e. The van der Waals surface area contributed by atoms with E-state index in [4.69, 9.17) is 0 Å². The van der Waals surface area contributed by atoms with Gasteiger partial charge in [0.2, 0.25) is 0 Å². The molecule has 2 aliphatic heterocycles. The molecular formula is C21H28N4O. The monoisotopic (exact) mass is 352 g/mol. The lowest BCUT2D eigenvalue weighted by Crippen LogP contribution is -2.41. The molecule has 5 heteroatoms. The number of likely N-dealkylation sites (tertiary alicyclic amines) is 1. The Bertz CT molecular complexity index is 759. The minimum Gasteiger partial charge on any atom is -0.367 e. The SMILES string of the molecule is O=c1c(N2CCCCC2)ccnn1C1CCN(Cc2ccccc2)CC1. The summed E-state index contributed by atoms with van der Waals surface area (Å²) in [6.45, 7) is 5.01. The maximum atomic E-state index is 13.0. The Morgan fingerprint density at radius 3 is 2.38 bits per heavy atom. The summed E-state index contributed by atoms with van der Waals surface area (Å²) in [7, 11) is 0. The molecule has 138 valence electrons. The predicted octanol–water partition coefficient (Wildman–Crippen LogP) is 3.07. The minimum atomic E-state index is 0.0934. The minimum absolute atomic E-state index is 0.0934. The second-order valence-corrected chi connectivity index (χ2v) is 7.51. The molecule has 2 aliphatic rings. The molecular weight excluding hydrogens is 324 g/mol. The molecule has 2 saturated heterocycles. The number of piperidine rings is 2. The van der Waals surface area contributed by atoms with Gasteiger partial charge in [-0.15, -0.1) is 0 Å². The second-order valence-electron chi connectivity index (χ2n) is 7.51. The zero-order valence-electron chi connectivity index (χ0n) is 15.4. The van der Waals surface area contributed by atoms with E-state index in [2.05, 4.69) is 45.2 Å². The third-order valence-electron chi connectivity index (χ3n) is 5.70. The van der Waals surface area contributed by atoms with Gasteiger partial charge in [-0.1, -0.05) is 30.3 Å². The number of rotatable bonds is 4. The normalized spacial score (nSPS) is 19.6. The van der Waals surface area contributed by atoms with E-state index in [1.807, 2.05) is 12.3 Å². The Labute approximate surface area is 155 Å². The van der Waals surface area contributed by atoms with Gasteiger partial charge in [0.15, 0.2) is 0 Å². The summed E-state index contributed by atoms with van der Waals surface area (Å²) in [6, 6.07) is 12.7. The quantitative estimate of drug-likeness (QED) is 0.848. The molecule has 0 atom stereocenters. The van der Waals surface area contributed by atoms with Crippen LogP contribution in [0, 0.1) is 0 Å². The van der Waals surface area contributed by atoms with Crippen molar-refractivity contribution < 1.29 is 0 Å². The van der Waals surface area contributed by atoms with Crippen molar-refractivity contribution >= 4 is 5.69 Å². The van der Waals surface area contributed by atoms with Crippen LogP contribution in [-0.2, 0) is 6.54 Å². The summed E-state index contributed by atoms with van der Waals surface area (Å²) in [5.74, 6) is 0. The van der Waals surface area contributed by atoms with Gasteiger partial charge in [-0.05, 0) is 43.7 Å². The van der Waals surface area contributed by atoms with Gasteiger partial charge < -0.3 is 4.90 Å². The van der Waals surface area contributed by atoms with Crippen LogP contribution in [0.5, 0.6) is 0 Å².